The fourth-order valence-corrected chi connectivity index (χ4v) is 2.75. The number of hydrogen-bond donors (Lipinski definition) is 1. The van der Waals surface area contributed by atoms with E-state index in [0.717, 1.165) is 18.6 Å². The summed E-state index contributed by atoms with van der Waals surface area (Å²) in [5.74, 6) is 0.962. The van der Waals surface area contributed by atoms with E-state index in [2.05, 4.69) is 61.6 Å². The van der Waals surface area contributed by atoms with Crippen molar-refractivity contribution in [3.8, 4) is 5.75 Å². The van der Waals surface area contributed by atoms with Gasteiger partial charge < -0.3 is 10.1 Å². The van der Waals surface area contributed by atoms with Crippen LogP contribution in [-0.4, -0.2) is 13.2 Å². The number of hydrogen-bond acceptors (Lipinski definition) is 2. The van der Waals surface area contributed by atoms with E-state index in [-0.39, 0.29) is 0 Å². The molecule has 2 nitrogen and oxygen atoms in total. The summed E-state index contributed by atoms with van der Waals surface area (Å²) in [5.41, 5.74) is 2.61. The molecule has 0 aliphatic carbocycles. The van der Waals surface area contributed by atoms with Gasteiger partial charge in [-0.15, -0.1) is 0 Å². The monoisotopic (exact) mass is 283 g/mol. The summed E-state index contributed by atoms with van der Waals surface area (Å²) in [6.45, 7) is 4.45. The molecule has 2 aromatic rings. The first-order valence-electron chi connectivity index (χ1n) is 7.67. The number of para-hydroxylation sites is 1. The van der Waals surface area contributed by atoms with Crippen molar-refractivity contribution >= 4 is 0 Å². The summed E-state index contributed by atoms with van der Waals surface area (Å²) < 4.78 is 5.49. The van der Waals surface area contributed by atoms with E-state index in [9.17, 15) is 0 Å². The molecule has 0 saturated heterocycles. The molecule has 0 heterocycles. The van der Waals surface area contributed by atoms with Gasteiger partial charge in [-0.05, 0) is 31.4 Å². The van der Waals surface area contributed by atoms with Crippen LogP contribution in [0.3, 0.4) is 0 Å². The molecule has 0 saturated carbocycles. The highest BCUT2D eigenvalue weighted by Crippen LogP contribution is 2.27. The van der Waals surface area contributed by atoms with Gasteiger partial charge in [0.2, 0.25) is 0 Å². The lowest BCUT2D eigenvalue weighted by molar-refractivity contribution is 0.386. The highest BCUT2D eigenvalue weighted by Gasteiger charge is 2.16. The first kappa shape index (κ1) is 15.6. The van der Waals surface area contributed by atoms with Gasteiger partial charge in [-0.25, -0.2) is 0 Å². The Balaban J connectivity index is 2.05. The fraction of sp³-hybridized carbons (Fsp3) is 0.368. The van der Waals surface area contributed by atoms with Crippen molar-refractivity contribution in [2.75, 3.05) is 7.11 Å². The van der Waals surface area contributed by atoms with Gasteiger partial charge in [0.15, 0.2) is 0 Å². The zero-order chi connectivity index (χ0) is 15.1. The third-order valence-corrected chi connectivity index (χ3v) is 3.79. The van der Waals surface area contributed by atoms with Crippen molar-refractivity contribution in [3.05, 3.63) is 65.7 Å². The third-order valence-electron chi connectivity index (χ3n) is 3.79. The van der Waals surface area contributed by atoms with E-state index in [0.29, 0.717) is 12.1 Å². The minimum Gasteiger partial charge on any atom is -0.496 e. The van der Waals surface area contributed by atoms with Gasteiger partial charge >= 0.3 is 0 Å². The molecule has 2 heteroatoms. The largest absolute Gasteiger partial charge is 0.496 e. The minimum atomic E-state index is 0.319. The molecule has 2 unspecified atom stereocenters. The Bertz CT molecular complexity index is 538. The van der Waals surface area contributed by atoms with E-state index < -0.39 is 0 Å². The first-order valence-corrected chi connectivity index (χ1v) is 7.67. The lowest BCUT2D eigenvalue weighted by Crippen LogP contribution is -2.32. The molecule has 0 fully saturated rings. The van der Waals surface area contributed by atoms with Crippen LogP contribution in [0.5, 0.6) is 5.75 Å². The van der Waals surface area contributed by atoms with Crippen LogP contribution >= 0.6 is 0 Å². The van der Waals surface area contributed by atoms with E-state index in [1.54, 1.807) is 7.11 Å². The molecule has 0 aliphatic heterocycles. The maximum atomic E-state index is 5.49. The van der Waals surface area contributed by atoms with Crippen LogP contribution in [0.15, 0.2) is 54.6 Å². The van der Waals surface area contributed by atoms with Gasteiger partial charge in [0.1, 0.15) is 5.75 Å². The molecule has 0 spiro atoms. The topological polar surface area (TPSA) is 21.3 Å². The number of rotatable bonds is 7. The van der Waals surface area contributed by atoms with Gasteiger partial charge in [-0.1, -0.05) is 55.5 Å². The fourth-order valence-electron chi connectivity index (χ4n) is 2.75. The smallest absolute Gasteiger partial charge is 0.123 e. The molecule has 0 aliphatic rings. The zero-order valence-electron chi connectivity index (χ0n) is 13.2. The lowest BCUT2D eigenvalue weighted by atomic mass is 10.0. The van der Waals surface area contributed by atoms with E-state index in [1.807, 2.05) is 12.1 Å². The second-order valence-electron chi connectivity index (χ2n) is 5.46. The Kier molecular flexibility index (Phi) is 5.82. The summed E-state index contributed by atoms with van der Waals surface area (Å²) in [4.78, 5) is 0. The molecule has 1 N–H and O–H groups in total. The van der Waals surface area contributed by atoms with E-state index in [4.69, 9.17) is 4.74 Å². The summed E-state index contributed by atoms with van der Waals surface area (Å²) in [7, 11) is 1.74. The molecular weight excluding hydrogens is 258 g/mol. The highest BCUT2D eigenvalue weighted by molar-refractivity contribution is 5.36. The molecule has 0 aromatic heterocycles. The standard InChI is InChI=1S/C19H25NO/c1-4-18(17-12-8-9-13-19(17)21-3)20-15(2)14-16-10-6-5-7-11-16/h5-13,15,18,20H,4,14H2,1-3H3. The summed E-state index contributed by atoms with van der Waals surface area (Å²) in [5, 5.41) is 3.73. The first-order chi connectivity index (χ1) is 10.2. The van der Waals surface area contributed by atoms with Gasteiger partial charge in [0.05, 0.1) is 7.11 Å². The Morgan fingerprint density at radius 1 is 1.00 bits per heavy atom. The maximum Gasteiger partial charge on any atom is 0.123 e. The van der Waals surface area contributed by atoms with Crippen LogP contribution in [0, 0.1) is 0 Å². The van der Waals surface area contributed by atoms with Crippen molar-refractivity contribution in [2.45, 2.75) is 38.8 Å². The average molecular weight is 283 g/mol. The molecule has 21 heavy (non-hydrogen) atoms. The van der Waals surface area contributed by atoms with Gasteiger partial charge in [0.25, 0.3) is 0 Å². The number of benzene rings is 2. The molecule has 0 amide bonds. The molecule has 2 aromatic carbocycles. The predicted molar refractivity (Wildman–Crippen MR) is 88.8 cm³/mol. The Labute approximate surface area is 128 Å². The molecule has 2 atom stereocenters. The quantitative estimate of drug-likeness (QED) is 0.815. The van der Waals surface area contributed by atoms with Crippen molar-refractivity contribution in [1.82, 2.24) is 5.32 Å². The third kappa shape index (κ3) is 4.33. The second kappa shape index (κ2) is 7.84. The zero-order valence-corrected chi connectivity index (χ0v) is 13.2. The van der Waals surface area contributed by atoms with Crippen molar-refractivity contribution in [3.63, 3.8) is 0 Å². The second-order valence-corrected chi connectivity index (χ2v) is 5.46. The van der Waals surface area contributed by atoms with Crippen LogP contribution in [0.4, 0.5) is 0 Å². The highest BCUT2D eigenvalue weighted by atomic mass is 16.5. The number of methoxy groups -OCH3 is 1. The lowest BCUT2D eigenvalue weighted by Gasteiger charge is -2.24. The molecule has 112 valence electrons. The van der Waals surface area contributed by atoms with Crippen molar-refractivity contribution in [2.24, 2.45) is 0 Å². The van der Waals surface area contributed by atoms with Gasteiger partial charge in [-0.2, -0.15) is 0 Å². The number of ether oxygens (including phenoxy) is 1. The average Bonchev–Trinajstić information content (AvgIpc) is 2.53. The predicted octanol–water partition coefficient (Wildman–Crippen LogP) is 4.37. The minimum absolute atomic E-state index is 0.319. The van der Waals surface area contributed by atoms with Crippen LogP contribution in [0.1, 0.15) is 37.4 Å². The number of nitrogens with one attached hydrogen (secondary N) is 1. The molecule has 2 rings (SSSR count). The summed E-state index contributed by atoms with van der Waals surface area (Å²) >= 11 is 0. The van der Waals surface area contributed by atoms with Gasteiger partial charge in [0, 0.05) is 17.6 Å². The normalized spacial score (nSPS) is 13.7. The van der Waals surface area contributed by atoms with Gasteiger partial charge in [-0.3, -0.25) is 0 Å². The van der Waals surface area contributed by atoms with Crippen LogP contribution in [0.25, 0.3) is 0 Å². The Morgan fingerprint density at radius 2 is 1.67 bits per heavy atom. The summed E-state index contributed by atoms with van der Waals surface area (Å²) in [6, 6.07) is 19.6. The molecular formula is C19H25NO. The van der Waals surface area contributed by atoms with Crippen molar-refractivity contribution < 1.29 is 4.74 Å². The van der Waals surface area contributed by atoms with Crippen LogP contribution in [0.2, 0.25) is 0 Å². The Hall–Kier alpha value is -1.80. The maximum absolute atomic E-state index is 5.49. The SMILES string of the molecule is CCC(NC(C)Cc1ccccc1)c1ccccc1OC. The van der Waals surface area contributed by atoms with E-state index >= 15 is 0 Å². The molecule has 0 bridgehead atoms. The van der Waals surface area contributed by atoms with E-state index in [1.165, 1.54) is 11.1 Å². The Morgan fingerprint density at radius 3 is 2.33 bits per heavy atom. The van der Waals surface area contributed by atoms with Crippen LogP contribution < -0.4 is 10.1 Å². The van der Waals surface area contributed by atoms with Crippen LogP contribution in [-0.2, 0) is 6.42 Å². The van der Waals surface area contributed by atoms with Crippen molar-refractivity contribution in [1.29, 1.82) is 0 Å². The summed E-state index contributed by atoms with van der Waals surface area (Å²) in [6.07, 6.45) is 2.08. The molecule has 0 radical (unpaired) electrons.